The third-order valence-corrected chi connectivity index (χ3v) is 2.95. The molecule has 16 heavy (non-hydrogen) atoms. The lowest BCUT2D eigenvalue weighted by atomic mass is 10.1. The van der Waals surface area contributed by atoms with Crippen molar-refractivity contribution in [1.29, 1.82) is 0 Å². The SMILES string of the molecule is CNc1cc(C(F)F)nc2ccc(I)cc12. The highest BCUT2D eigenvalue weighted by Crippen LogP contribution is 2.28. The smallest absolute Gasteiger partial charge is 0.280 e. The Bertz CT molecular complexity index is 529. The molecule has 0 aliphatic heterocycles. The minimum atomic E-state index is -2.55. The van der Waals surface area contributed by atoms with Crippen molar-refractivity contribution >= 4 is 39.2 Å². The highest BCUT2D eigenvalue weighted by Gasteiger charge is 2.12. The average Bonchev–Trinajstić information content (AvgIpc) is 2.27. The number of anilines is 1. The molecule has 0 saturated heterocycles. The van der Waals surface area contributed by atoms with Crippen LogP contribution in [0.2, 0.25) is 0 Å². The van der Waals surface area contributed by atoms with Crippen LogP contribution in [0.15, 0.2) is 24.3 Å². The number of hydrogen-bond donors (Lipinski definition) is 1. The lowest BCUT2D eigenvalue weighted by Crippen LogP contribution is -1.97. The van der Waals surface area contributed by atoms with Crippen LogP contribution in [-0.2, 0) is 0 Å². The lowest BCUT2D eigenvalue weighted by Gasteiger charge is -2.09. The molecule has 0 aliphatic rings. The van der Waals surface area contributed by atoms with Crippen molar-refractivity contribution in [2.45, 2.75) is 6.43 Å². The molecule has 1 aromatic heterocycles. The first-order valence-electron chi connectivity index (χ1n) is 4.68. The predicted molar refractivity (Wildman–Crippen MR) is 69.0 cm³/mol. The molecule has 5 heteroatoms. The van der Waals surface area contributed by atoms with Gasteiger partial charge in [0.1, 0.15) is 5.69 Å². The van der Waals surface area contributed by atoms with Gasteiger partial charge in [0.25, 0.3) is 6.43 Å². The molecule has 1 heterocycles. The van der Waals surface area contributed by atoms with E-state index in [1.165, 1.54) is 6.07 Å². The zero-order chi connectivity index (χ0) is 11.7. The van der Waals surface area contributed by atoms with Crippen molar-refractivity contribution in [1.82, 2.24) is 4.98 Å². The molecule has 0 unspecified atom stereocenters. The standard InChI is InChI=1S/C11H9F2IN2/c1-15-9-5-10(11(12)13)16-8-3-2-6(14)4-7(8)9/h2-5,11H,1H3,(H,15,16). The fraction of sp³-hybridized carbons (Fsp3) is 0.182. The van der Waals surface area contributed by atoms with E-state index in [4.69, 9.17) is 0 Å². The quantitative estimate of drug-likeness (QED) is 0.845. The Morgan fingerprint density at radius 1 is 1.31 bits per heavy atom. The average molecular weight is 334 g/mol. The van der Waals surface area contributed by atoms with Gasteiger partial charge in [0.2, 0.25) is 0 Å². The van der Waals surface area contributed by atoms with Crippen molar-refractivity contribution < 1.29 is 8.78 Å². The largest absolute Gasteiger partial charge is 0.388 e. The van der Waals surface area contributed by atoms with Crippen LogP contribution in [0.3, 0.4) is 0 Å². The first-order valence-corrected chi connectivity index (χ1v) is 5.76. The monoisotopic (exact) mass is 334 g/mol. The summed E-state index contributed by atoms with van der Waals surface area (Å²) in [6, 6.07) is 6.92. The molecule has 0 bridgehead atoms. The van der Waals surface area contributed by atoms with E-state index in [1.54, 1.807) is 13.1 Å². The summed E-state index contributed by atoms with van der Waals surface area (Å²) < 4.78 is 26.2. The summed E-state index contributed by atoms with van der Waals surface area (Å²) in [5.74, 6) is 0. The number of aromatic nitrogens is 1. The number of nitrogens with zero attached hydrogens (tertiary/aromatic N) is 1. The van der Waals surface area contributed by atoms with Gasteiger partial charge < -0.3 is 5.32 Å². The summed E-state index contributed by atoms with van der Waals surface area (Å²) in [4.78, 5) is 3.93. The van der Waals surface area contributed by atoms with Gasteiger partial charge in [-0.3, -0.25) is 0 Å². The molecule has 2 nitrogen and oxygen atoms in total. The molecular formula is C11H9F2IN2. The number of benzene rings is 1. The number of halogens is 3. The normalized spacial score (nSPS) is 11.1. The Balaban J connectivity index is 2.73. The Labute approximate surface area is 105 Å². The van der Waals surface area contributed by atoms with Gasteiger partial charge >= 0.3 is 0 Å². The third-order valence-electron chi connectivity index (χ3n) is 2.28. The summed E-state index contributed by atoms with van der Waals surface area (Å²) in [6.07, 6.45) is -2.55. The van der Waals surface area contributed by atoms with E-state index in [1.807, 2.05) is 12.1 Å². The second-order valence-corrected chi connectivity index (χ2v) is 4.55. The van der Waals surface area contributed by atoms with Gasteiger partial charge in [-0.05, 0) is 46.9 Å². The second kappa shape index (κ2) is 4.48. The van der Waals surface area contributed by atoms with Crippen molar-refractivity contribution in [2.24, 2.45) is 0 Å². The maximum absolute atomic E-state index is 12.6. The molecular weight excluding hydrogens is 325 g/mol. The molecule has 0 spiro atoms. The summed E-state index contributed by atoms with van der Waals surface area (Å²) >= 11 is 2.18. The number of hydrogen-bond acceptors (Lipinski definition) is 2. The van der Waals surface area contributed by atoms with Gasteiger partial charge in [-0.2, -0.15) is 0 Å². The zero-order valence-corrected chi connectivity index (χ0v) is 10.6. The first-order chi connectivity index (χ1) is 7.61. The Kier molecular flexibility index (Phi) is 3.22. The summed E-state index contributed by atoms with van der Waals surface area (Å²) in [7, 11) is 1.71. The van der Waals surface area contributed by atoms with E-state index in [9.17, 15) is 8.78 Å². The van der Waals surface area contributed by atoms with Gasteiger partial charge in [0, 0.05) is 21.7 Å². The van der Waals surface area contributed by atoms with Crippen LogP contribution in [0, 0.1) is 3.57 Å². The van der Waals surface area contributed by atoms with Gasteiger partial charge in [0.05, 0.1) is 5.52 Å². The number of rotatable bonds is 2. The molecule has 0 saturated carbocycles. The van der Waals surface area contributed by atoms with Gasteiger partial charge in [-0.25, -0.2) is 13.8 Å². The van der Waals surface area contributed by atoms with Gasteiger partial charge in [0.15, 0.2) is 0 Å². The van der Waals surface area contributed by atoms with Crippen LogP contribution >= 0.6 is 22.6 Å². The van der Waals surface area contributed by atoms with Crippen molar-refractivity contribution in [2.75, 3.05) is 12.4 Å². The molecule has 1 N–H and O–H groups in total. The summed E-state index contributed by atoms with van der Waals surface area (Å²) in [5.41, 5.74) is 1.07. The minimum absolute atomic E-state index is 0.196. The summed E-state index contributed by atoms with van der Waals surface area (Å²) in [6.45, 7) is 0. The summed E-state index contributed by atoms with van der Waals surface area (Å²) in [5, 5.41) is 3.78. The van der Waals surface area contributed by atoms with E-state index in [0.29, 0.717) is 11.2 Å². The zero-order valence-electron chi connectivity index (χ0n) is 8.47. The number of alkyl halides is 2. The number of nitrogens with one attached hydrogen (secondary N) is 1. The molecule has 1 aromatic carbocycles. The van der Waals surface area contributed by atoms with E-state index in [2.05, 4.69) is 32.9 Å². The van der Waals surface area contributed by atoms with E-state index in [-0.39, 0.29) is 5.69 Å². The Hall–Kier alpha value is -0.980. The van der Waals surface area contributed by atoms with Crippen molar-refractivity contribution in [3.63, 3.8) is 0 Å². The number of fused-ring (bicyclic) bond motifs is 1. The van der Waals surface area contributed by atoms with Crippen LogP contribution in [-0.4, -0.2) is 12.0 Å². The van der Waals surface area contributed by atoms with Gasteiger partial charge in [-0.15, -0.1) is 0 Å². The van der Waals surface area contributed by atoms with Crippen LogP contribution < -0.4 is 5.32 Å². The van der Waals surface area contributed by atoms with Gasteiger partial charge in [-0.1, -0.05) is 0 Å². The van der Waals surface area contributed by atoms with Crippen LogP contribution in [0.1, 0.15) is 12.1 Å². The fourth-order valence-corrected chi connectivity index (χ4v) is 2.03. The highest BCUT2D eigenvalue weighted by atomic mass is 127. The third kappa shape index (κ3) is 2.09. The van der Waals surface area contributed by atoms with Crippen molar-refractivity contribution in [3.8, 4) is 0 Å². The number of pyridine rings is 1. The van der Waals surface area contributed by atoms with E-state index in [0.717, 1.165) is 8.96 Å². The molecule has 0 radical (unpaired) electrons. The lowest BCUT2D eigenvalue weighted by molar-refractivity contribution is 0.146. The highest BCUT2D eigenvalue weighted by molar-refractivity contribution is 14.1. The molecule has 2 aromatic rings. The molecule has 0 amide bonds. The first kappa shape index (κ1) is 11.5. The predicted octanol–water partition coefficient (Wildman–Crippen LogP) is 3.82. The van der Waals surface area contributed by atoms with Crippen LogP contribution in [0.5, 0.6) is 0 Å². The van der Waals surface area contributed by atoms with E-state index >= 15 is 0 Å². The topological polar surface area (TPSA) is 24.9 Å². The molecule has 2 rings (SSSR count). The molecule has 84 valence electrons. The Morgan fingerprint density at radius 3 is 2.69 bits per heavy atom. The maximum Gasteiger partial charge on any atom is 0.280 e. The molecule has 0 fully saturated rings. The fourth-order valence-electron chi connectivity index (χ4n) is 1.54. The van der Waals surface area contributed by atoms with Crippen LogP contribution in [0.4, 0.5) is 14.5 Å². The van der Waals surface area contributed by atoms with Crippen LogP contribution in [0.25, 0.3) is 10.9 Å². The Morgan fingerprint density at radius 2 is 2.06 bits per heavy atom. The minimum Gasteiger partial charge on any atom is -0.388 e. The molecule has 0 atom stereocenters. The molecule has 0 aliphatic carbocycles. The van der Waals surface area contributed by atoms with E-state index < -0.39 is 6.43 Å². The van der Waals surface area contributed by atoms with Crippen molar-refractivity contribution in [3.05, 3.63) is 33.5 Å². The second-order valence-electron chi connectivity index (χ2n) is 3.31. The maximum atomic E-state index is 12.6.